The van der Waals surface area contributed by atoms with E-state index in [1.807, 2.05) is 13.8 Å². The second kappa shape index (κ2) is 10.9. The summed E-state index contributed by atoms with van der Waals surface area (Å²) in [6, 6.07) is 9.01. The normalized spacial score (nSPS) is 14.4. The van der Waals surface area contributed by atoms with Crippen molar-refractivity contribution in [2.45, 2.75) is 58.9 Å². The van der Waals surface area contributed by atoms with Gasteiger partial charge in [0.25, 0.3) is 5.91 Å². The Labute approximate surface area is 196 Å². The maximum Gasteiger partial charge on any atom is 0.259 e. The van der Waals surface area contributed by atoms with Crippen molar-refractivity contribution < 1.29 is 14.3 Å². The third-order valence-corrected chi connectivity index (χ3v) is 6.38. The summed E-state index contributed by atoms with van der Waals surface area (Å²) in [7, 11) is 3.27. The van der Waals surface area contributed by atoms with Crippen LogP contribution in [0.25, 0.3) is 17.2 Å². The minimum atomic E-state index is -0.444. The van der Waals surface area contributed by atoms with Gasteiger partial charge in [0.05, 0.1) is 14.2 Å². The molecule has 1 amide bonds. The van der Waals surface area contributed by atoms with E-state index in [0.717, 1.165) is 39.3 Å². The zero-order chi connectivity index (χ0) is 24.0. The fourth-order valence-corrected chi connectivity index (χ4v) is 4.65. The summed E-state index contributed by atoms with van der Waals surface area (Å²) < 4.78 is 11.6. The van der Waals surface area contributed by atoms with Crippen molar-refractivity contribution in [2.75, 3.05) is 19.5 Å². The zero-order valence-electron chi connectivity index (χ0n) is 20.2. The molecular weight excluding hydrogens is 414 g/mol. The molecule has 2 aromatic rings. The molecule has 6 heteroatoms. The minimum absolute atomic E-state index is 0.408. The highest BCUT2D eigenvalue weighted by Crippen LogP contribution is 2.45. The standard InChI is InChI=1S/C27H33N3O3/c1-17(27(31)29-16-28)15-23-18(2)26(33-5)24(19(3)25(23)32-4)20-11-13-22(14-12-20)30-21-9-7-6-8-10-21/h11-15,21,30H,6-10H2,1-5H3,(H,29,31). The number of carbonyl (C=O) groups is 1. The molecule has 0 radical (unpaired) electrons. The number of hydrogen-bond donors (Lipinski definition) is 2. The SMILES string of the molecule is COc1c(C)c(-c2ccc(NC3CCCCC3)cc2)c(OC)c(C)c1C=C(C)C(=O)NC#N. The van der Waals surface area contributed by atoms with E-state index < -0.39 is 5.91 Å². The van der Waals surface area contributed by atoms with Gasteiger partial charge in [-0.05, 0) is 57.4 Å². The van der Waals surface area contributed by atoms with E-state index in [4.69, 9.17) is 14.7 Å². The van der Waals surface area contributed by atoms with Crippen LogP contribution in [-0.4, -0.2) is 26.2 Å². The molecular formula is C27H33N3O3. The summed E-state index contributed by atoms with van der Waals surface area (Å²) in [6.07, 6.45) is 9.79. The van der Waals surface area contributed by atoms with Crippen molar-refractivity contribution in [3.05, 3.63) is 46.5 Å². The molecule has 1 aliphatic rings. The number of ether oxygens (including phenoxy) is 2. The molecule has 0 bridgehead atoms. The van der Waals surface area contributed by atoms with Gasteiger partial charge < -0.3 is 14.8 Å². The number of nitrogens with one attached hydrogen (secondary N) is 2. The Morgan fingerprint density at radius 1 is 1.03 bits per heavy atom. The number of carbonyl (C=O) groups excluding carboxylic acids is 1. The van der Waals surface area contributed by atoms with Gasteiger partial charge in [0.1, 0.15) is 11.5 Å². The molecule has 0 aromatic heterocycles. The number of benzene rings is 2. The number of nitrogens with zero attached hydrogens (tertiary/aromatic N) is 1. The van der Waals surface area contributed by atoms with Gasteiger partial charge in [0.15, 0.2) is 6.19 Å². The average molecular weight is 448 g/mol. The van der Waals surface area contributed by atoms with Gasteiger partial charge in [0.2, 0.25) is 0 Å². The highest BCUT2D eigenvalue weighted by atomic mass is 16.5. The van der Waals surface area contributed by atoms with E-state index in [9.17, 15) is 4.79 Å². The molecule has 0 unspecified atom stereocenters. The first kappa shape index (κ1) is 24.2. The van der Waals surface area contributed by atoms with Gasteiger partial charge in [0, 0.05) is 39.6 Å². The fourth-order valence-electron chi connectivity index (χ4n) is 4.65. The fraction of sp³-hybridized carbons (Fsp3) is 0.407. The van der Waals surface area contributed by atoms with Crippen molar-refractivity contribution in [3.8, 4) is 28.8 Å². The van der Waals surface area contributed by atoms with Gasteiger partial charge in [-0.2, -0.15) is 5.26 Å². The molecule has 3 rings (SSSR count). The Kier molecular flexibility index (Phi) is 8.00. The van der Waals surface area contributed by atoms with Crippen molar-refractivity contribution in [1.82, 2.24) is 5.32 Å². The van der Waals surface area contributed by atoms with Crippen LogP contribution in [0.3, 0.4) is 0 Å². The summed E-state index contributed by atoms with van der Waals surface area (Å²) in [4.78, 5) is 12.1. The summed E-state index contributed by atoms with van der Waals surface area (Å²) in [5.74, 6) is 0.971. The van der Waals surface area contributed by atoms with Gasteiger partial charge in [-0.25, -0.2) is 0 Å². The van der Waals surface area contributed by atoms with E-state index in [1.54, 1.807) is 33.4 Å². The monoisotopic (exact) mass is 447 g/mol. The van der Waals surface area contributed by atoms with Crippen LogP contribution in [0.4, 0.5) is 5.69 Å². The van der Waals surface area contributed by atoms with Crippen molar-refractivity contribution in [3.63, 3.8) is 0 Å². The van der Waals surface area contributed by atoms with Crippen molar-refractivity contribution >= 4 is 17.7 Å². The van der Waals surface area contributed by atoms with Crippen LogP contribution in [-0.2, 0) is 4.79 Å². The maximum atomic E-state index is 12.1. The molecule has 1 fully saturated rings. The first-order chi connectivity index (χ1) is 15.9. The van der Waals surface area contributed by atoms with Crippen LogP contribution >= 0.6 is 0 Å². The van der Waals surface area contributed by atoms with Crippen molar-refractivity contribution in [1.29, 1.82) is 5.26 Å². The van der Waals surface area contributed by atoms with Gasteiger partial charge in [-0.1, -0.05) is 31.4 Å². The van der Waals surface area contributed by atoms with Crippen molar-refractivity contribution in [2.24, 2.45) is 0 Å². The number of methoxy groups -OCH3 is 2. The molecule has 2 aromatic carbocycles. The van der Waals surface area contributed by atoms with Crippen LogP contribution in [0.15, 0.2) is 29.8 Å². The first-order valence-corrected chi connectivity index (χ1v) is 11.4. The van der Waals surface area contributed by atoms with E-state index in [0.29, 0.717) is 17.4 Å². The Morgan fingerprint density at radius 2 is 1.67 bits per heavy atom. The Hall–Kier alpha value is -3.46. The van der Waals surface area contributed by atoms with Crippen LogP contribution in [0.1, 0.15) is 55.7 Å². The molecule has 2 N–H and O–H groups in total. The minimum Gasteiger partial charge on any atom is -0.496 e. The predicted octanol–water partition coefficient (Wildman–Crippen LogP) is 5.73. The van der Waals surface area contributed by atoms with Gasteiger partial charge in [-0.15, -0.1) is 0 Å². The highest BCUT2D eigenvalue weighted by Gasteiger charge is 2.22. The van der Waals surface area contributed by atoms with E-state index in [2.05, 4.69) is 34.9 Å². The quantitative estimate of drug-likeness (QED) is 0.322. The topological polar surface area (TPSA) is 83.4 Å². The number of nitriles is 1. The average Bonchev–Trinajstić information content (AvgIpc) is 2.82. The second-order valence-electron chi connectivity index (χ2n) is 8.56. The van der Waals surface area contributed by atoms with Crippen LogP contribution in [0.2, 0.25) is 0 Å². The van der Waals surface area contributed by atoms with E-state index in [1.165, 1.54) is 32.1 Å². The molecule has 1 saturated carbocycles. The molecule has 0 heterocycles. The Balaban J connectivity index is 2.02. The molecule has 1 aliphatic carbocycles. The predicted molar refractivity (Wildman–Crippen MR) is 132 cm³/mol. The van der Waals surface area contributed by atoms with Crippen LogP contribution in [0.5, 0.6) is 11.5 Å². The van der Waals surface area contributed by atoms with E-state index >= 15 is 0 Å². The first-order valence-electron chi connectivity index (χ1n) is 11.4. The summed E-state index contributed by atoms with van der Waals surface area (Å²) in [5.41, 5.74) is 6.09. The number of amides is 1. The number of rotatable bonds is 7. The third kappa shape index (κ3) is 5.31. The second-order valence-corrected chi connectivity index (χ2v) is 8.56. The molecule has 33 heavy (non-hydrogen) atoms. The zero-order valence-corrected chi connectivity index (χ0v) is 20.2. The smallest absolute Gasteiger partial charge is 0.259 e. The molecule has 6 nitrogen and oxygen atoms in total. The molecule has 0 spiro atoms. The summed E-state index contributed by atoms with van der Waals surface area (Å²) in [5, 5.41) is 14.6. The lowest BCUT2D eigenvalue weighted by Gasteiger charge is -2.24. The summed E-state index contributed by atoms with van der Waals surface area (Å²) in [6.45, 7) is 5.61. The number of hydrogen-bond acceptors (Lipinski definition) is 5. The highest BCUT2D eigenvalue weighted by molar-refractivity contribution is 5.99. The van der Waals surface area contributed by atoms with Gasteiger partial charge >= 0.3 is 0 Å². The van der Waals surface area contributed by atoms with Gasteiger partial charge in [-0.3, -0.25) is 10.1 Å². The Morgan fingerprint density at radius 3 is 2.24 bits per heavy atom. The lowest BCUT2D eigenvalue weighted by Crippen LogP contribution is -2.22. The molecule has 0 aliphatic heterocycles. The Bertz CT molecular complexity index is 1080. The lowest BCUT2D eigenvalue weighted by atomic mass is 9.91. The lowest BCUT2D eigenvalue weighted by molar-refractivity contribution is -0.116. The summed E-state index contributed by atoms with van der Waals surface area (Å²) >= 11 is 0. The maximum absolute atomic E-state index is 12.1. The third-order valence-electron chi connectivity index (χ3n) is 6.38. The molecule has 0 saturated heterocycles. The molecule has 0 atom stereocenters. The van der Waals surface area contributed by atoms with E-state index in [-0.39, 0.29) is 0 Å². The number of anilines is 1. The van der Waals surface area contributed by atoms with Crippen LogP contribution < -0.4 is 20.1 Å². The van der Waals surface area contributed by atoms with Crippen LogP contribution in [0, 0.1) is 25.3 Å². The molecule has 174 valence electrons. The largest absolute Gasteiger partial charge is 0.496 e.